The van der Waals surface area contributed by atoms with E-state index in [1.165, 1.54) is 4.88 Å². The van der Waals surface area contributed by atoms with E-state index in [2.05, 4.69) is 9.97 Å². The van der Waals surface area contributed by atoms with Gasteiger partial charge in [0.2, 0.25) is 0 Å². The zero-order chi connectivity index (χ0) is 10.1. The highest BCUT2D eigenvalue weighted by molar-refractivity contribution is 7.71. The topological polar surface area (TPSA) is 33.6 Å². The molecule has 0 aliphatic heterocycles. The van der Waals surface area contributed by atoms with E-state index in [4.69, 9.17) is 12.2 Å². The molecule has 2 aromatic rings. The van der Waals surface area contributed by atoms with E-state index in [-0.39, 0.29) is 0 Å². The third-order valence-electron chi connectivity index (χ3n) is 2.07. The van der Waals surface area contributed by atoms with Crippen LogP contribution in [0.25, 0.3) is 0 Å². The number of nitrogens with one attached hydrogen (secondary N) is 1. The molecule has 0 amide bonds. The standard InChI is InChI=1S/C9H11N3S2/c1-6-3-12(9(13)11-6)4-8-7(2)10-5-14-8/h3,5H,4H2,1-2H3,(H,11,13). The molecule has 0 saturated carbocycles. The molecule has 2 heterocycles. The molecule has 0 aliphatic rings. The van der Waals surface area contributed by atoms with Gasteiger partial charge >= 0.3 is 0 Å². The van der Waals surface area contributed by atoms with Gasteiger partial charge in [-0.05, 0) is 26.1 Å². The Labute approximate surface area is 91.4 Å². The Kier molecular flexibility index (Phi) is 2.52. The average Bonchev–Trinajstić information content (AvgIpc) is 2.62. The summed E-state index contributed by atoms with van der Waals surface area (Å²) >= 11 is 6.85. The second kappa shape index (κ2) is 3.67. The number of imidazole rings is 1. The SMILES string of the molecule is Cc1cn(Cc2scnc2C)c(=S)[nH]1. The van der Waals surface area contributed by atoms with Crippen molar-refractivity contribution in [1.82, 2.24) is 14.5 Å². The van der Waals surface area contributed by atoms with Crippen molar-refractivity contribution < 1.29 is 0 Å². The minimum absolute atomic E-state index is 0.773. The van der Waals surface area contributed by atoms with Crippen molar-refractivity contribution in [2.75, 3.05) is 0 Å². The van der Waals surface area contributed by atoms with Crippen LogP contribution in [-0.2, 0) is 6.54 Å². The highest BCUT2D eigenvalue weighted by Gasteiger charge is 2.03. The first kappa shape index (κ1) is 9.61. The molecule has 3 nitrogen and oxygen atoms in total. The fraction of sp³-hybridized carbons (Fsp3) is 0.333. The predicted molar refractivity (Wildman–Crippen MR) is 60.3 cm³/mol. The van der Waals surface area contributed by atoms with Crippen molar-refractivity contribution in [2.24, 2.45) is 0 Å². The van der Waals surface area contributed by atoms with Gasteiger partial charge in [-0.25, -0.2) is 4.98 Å². The molecule has 74 valence electrons. The maximum atomic E-state index is 5.18. The smallest absolute Gasteiger partial charge is 0.177 e. The Morgan fingerprint density at radius 3 is 2.86 bits per heavy atom. The van der Waals surface area contributed by atoms with Gasteiger partial charge in [0.15, 0.2) is 4.77 Å². The van der Waals surface area contributed by atoms with Crippen LogP contribution in [-0.4, -0.2) is 14.5 Å². The molecular formula is C9H11N3S2. The van der Waals surface area contributed by atoms with Gasteiger partial charge in [-0.3, -0.25) is 0 Å². The van der Waals surface area contributed by atoms with Gasteiger partial charge in [-0.1, -0.05) is 0 Å². The maximum absolute atomic E-state index is 5.18. The van der Waals surface area contributed by atoms with E-state index in [9.17, 15) is 0 Å². The zero-order valence-corrected chi connectivity index (χ0v) is 9.71. The van der Waals surface area contributed by atoms with Crippen molar-refractivity contribution in [3.63, 3.8) is 0 Å². The fourth-order valence-electron chi connectivity index (χ4n) is 1.32. The van der Waals surface area contributed by atoms with Crippen LogP contribution >= 0.6 is 23.6 Å². The molecule has 1 N–H and O–H groups in total. The summed E-state index contributed by atoms with van der Waals surface area (Å²) in [4.78, 5) is 8.58. The van der Waals surface area contributed by atoms with Gasteiger partial charge in [0.1, 0.15) is 0 Å². The first-order chi connectivity index (χ1) is 6.66. The largest absolute Gasteiger partial charge is 0.335 e. The lowest BCUT2D eigenvalue weighted by Gasteiger charge is -1.99. The Hall–Kier alpha value is -0.940. The van der Waals surface area contributed by atoms with E-state index in [1.54, 1.807) is 11.3 Å². The van der Waals surface area contributed by atoms with Crippen molar-refractivity contribution in [3.05, 3.63) is 32.7 Å². The van der Waals surface area contributed by atoms with Crippen molar-refractivity contribution in [1.29, 1.82) is 0 Å². The summed E-state index contributed by atoms with van der Waals surface area (Å²) < 4.78 is 2.81. The molecule has 0 bridgehead atoms. The molecule has 0 radical (unpaired) electrons. The lowest BCUT2D eigenvalue weighted by atomic mass is 10.4. The fourth-order valence-corrected chi connectivity index (χ4v) is 2.37. The lowest BCUT2D eigenvalue weighted by molar-refractivity contribution is 0.788. The Morgan fingerprint density at radius 2 is 2.36 bits per heavy atom. The summed E-state index contributed by atoms with van der Waals surface area (Å²) in [5, 5.41) is 0. The highest BCUT2D eigenvalue weighted by atomic mass is 32.1. The molecule has 0 aromatic carbocycles. The first-order valence-corrected chi connectivity index (χ1v) is 5.60. The van der Waals surface area contributed by atoms with Gasteiger partial charge in [-0.2, -0.15) is 0 Å². The minimum Gasteiger partial charge on any atom is -0.335 e. The molecule has 0 spiro atoms. The van der Waals surface area contributed by atoms with E-state index in [0.717, 1.165) is 22.7 Å². The Balaban J connectivity index is 2.31. The molecule has 0 unspecified atom stereocenters. The monoisotopic (exact) mass is 225 g/mol. The quantitative estimate of drug-likeness (QED) is 0.797. The second-order valence-electron chi connectivity index (χ2n) is 3.23. The van der Waals surface area contributed by atoms with E-state index >= 15 is 0 Å². The van der Waals surface area contributed by atoms with E-state index in [0.29, 0.717) is 0 Å². The number of aryl methyl sites for hydroxylation is 2. The summed E-state index contributed by atoms with van der Waals surface area (Å²) in [5.74, 6) is 0. The number of nitrogens with zero attached hydrogens (tertiary/aromatic N) is 2. The lowest BCUT2D eigenvalue weighted by Crippen LogP contribution is -1.97. The van der Waals surface area contributed by atoms with Crippen molar-refractivity contribution in [2.45, 2.75) is 20.4 Å². The van der Waals surface area contributed by atoms with Crippen LogP contribution in [0.4, 0.5) is 0 Å². The van der Waals surface area contributed by atoms with Crippen LogP contribution in [0, 0.1) is 18.6 Å². The van der Waals surface area contributed by atoms with Crippen LogP contribution in [0.15, 0.2) is 11.7 Å². The number of H-pyrrole nitrogens is 1. The van der Waals surface area contributed by atoms with Crippen LogP contribution in [0.2, 0.25) is 0 Å². The third kappa shape index (κ3) is 1.78. The summed E-state index contributed by atoms with van der Waals surface area (Å²) in [6, 6.07) is 0. The van der Waals surface area contributed by atoms with Crippen LogP contribution < -0.4 is 0 Å². The van der Waals surface area contributed by atoms with Crippen LogP contribution in [0.1, 0.15) is 16.3 Å². The Morgan fingerprint density at radius 1 is 1.57 bits per heavy atom. The number of aromatic amines is 1. The second-order valence-corrected chi connectivity index (χ2v) is 4.56. The van der Waals surface area contributed by atoms with Gasteiger partial charge in [0.05, 0.1) is 17.7 Å². The normalized spacial score (nSPS) is 10.7. The predicted octanol–water partition coefficient (Wildman–Crippen LogP) is 2.67. The van der Waals surface area contributed by atoms with E-state index in [1.807, 2.05) is 30.1 Å². The third-order valence-corrected chi connectivity index (χ3v) is 3.33. The number of rotatable bonds is 2. The van der Waals surface area contributed by atoms with E-state index < -0.39 is 0 Å². The minimum atomic E-state index is 0.773. The number of hydrogen-bond acceptors (Lipinski definition) is 3. The molecule has 0 aliphatic carbocycles. The summed E-state index contributed by atoms with van der Waals surface area (Å²) in [6.07, 6.45) is 2.03. The maximum Gasteiger partial charge on any atom is 0.177 e. The summed E-state index contributed by atoms with van der Waals surface area (Å²) in [7, 11) is 0. The Bertz CT molecular complexity index is 492. The molecular weight excluding hydrogens is 214 g/mol. The van der Waals surface area contributed by atoms with Crippen molar-refractivity contribution in [3.8, 4) is 0 Å². The molecule has 0 atom stereocenters. The average molecular weight is 225 g/mol. The molecule has 2 aromatic heterocycles. The molecule has 2 rings (SSSR count). The van der Waals surface area contributed by atoms with Crippen LogP contribution in [0.3, 0.4) is 0 Å². The van der Waals surface area contributed by atoms with Gasteiger partial charge in [0, 0.05) is 16.8 Å². The molecule has 0 fully saturated rings. The van der Waals surface area contributed by atoms with Crippen LogP contribution in [0.5, 0.6) is 0 Å². The first-order valence-electron chi connectivity index (χ1n) is 4.32. The number of aromatic nitrogens is 3. The molecule has 5 heteroatoms. The summed E-state index contributed by atoms with van der Waals surface area (Å²) in [5.41, 5.74) is 4.06. The number of hydrogen-bond donors (Lipinski definition) is 1. The van der Waals surface area contributed by atoms with Gasteiger partial charge in [0.25, 0.3) is 0 Å². The number of thiazole rings is 1. The zero-order valence-electron chi connectivity index (χ0n) is 8.07. The van der Waals surface area contributed by atoms with Crippen molar-refractivity contribution >= 4 is 23.6 Å². The highest BCUT2D eigenvalue weighted by Crippen LogP contribution is 2.14. The molecule has 14 heavy (non-hydrogen) atoms. The van der Waals surface area contributed by atoms with Gasteiger partial charge in [-0.15, -0.1) is 11.3 Å². The molecule has 0 saturated heterocycles. The van der Waals surface area contributed by atoms with Gasteiger partial charge < -0.3 is 9.55 Å². The summed E-state index contributed by atoms with van der Waals surface area (Å²) in [6.45, 7) is 4.85.